The molecule has 0 N–H and O–H groups in total. The summed E-state index contributed by atoms with van der Waals surface area (Å²) >= 11 is 1.70. The average Bonchev–Trinajstić information content (AvgIpc) is 3.30. The van der Waals surface area contributed by atoms with Crippen molar-refractivity contribution in [2.45, 2.75) is 32.1 Å². The molecule has 0 saturated carbocycles. The van der Waals surface area contributed by atoms with Crippen LogP contribution in [0.4, 0.5) is 0 Å². The van der Waals surface area contributed by atoms with Gasteiger partial charge in [-0.3, -0.25) is 0 Å². The maximum absolute atomic E-state index is 6.00. The number of hydrogen-bond donors (Lipinski definition) is 0. The Balaban J connectivity index is 1.38. The topological polar surface area (TPSA) is 42.2 Å². The van der Waals surface area contributed by atoms with Gasteiger partial charge in [-0.2, -0.15) is 0 Å². The van der Waals surface area contributed by atoms with Crippen molar-refractivity contribution >= 4 is 11.3 Å². The zero-order valence-electron chi connectivity index (χ0n) is 14.5. The average molecular weight is 353 g/mol. The predicted molar refractivity (Wildman–Crippen MR) is 101 cm³/mol. The zero-order chi connectivity index (χ0) is 17.1. The van der Waals surface area contributed by atoms with Gasteiger partial charge in [0.05, 0.1) is 10.8 Å². The van der Waals surface area contributed by atoms with Crippen LogP contribution in [-0.4, -0.2) is 34.7 Å². The molecule has 4 nitrogen and oxygen atoms in total. The van der Waals surface area contributed by atoms with E-state index in [1.54, 1.807) is 11.3 Å². The Morgan fingerprint density at radius 2 is 2.04 bits per heavy atom. The summed E-state index contributed by atoms with van der Waals surface area (Å²) in [6.45, 7) is 5.36. The van der Waals surface area contributed by atoms with Crippen molar-refractivity contribution in [3.63, 3.8) is 0 Å². The molecule has 0 aliphatic carbocycles. The number of hydrogen-bond acceptors (Lipinski definition) is 5. The molecule has 1 fully saturated rings. The Kier molecular flexibility index (Phi) is 4.95. The van der Waals surface area contributed by atoms with Crippen LogP contribution in [0.1, 0.15) is 35.1 Å². The zero-order valence-corrected chi connectivity index (χ0v) is 15.3. The van der Waals surface area contributed by atoms with E-state index in [4.69, 9.17) is 4.42 Å². The lowest BCUT2D eigenvalue weighted by Crippen LogP contribution is -2.35. The molecule has 1 unspecified atom stereocenters. The minimum Gasteiger partial charge on any atom is -0.420 e. The van der Waals surface area contributed by atoms with Gasteiger partial charge in [0, 0.05) is 18.0 Å². The van der Waals surface area contributed by atoms with Gasteiger partial charge in [-0.25, -0.2) is 0 Å². The van der Waals surface area contributed by atoms with Crippen molar-refractivity contribution in [2.24, 2.45) is 0 Å². The molecule has 0 radical (unpaired) electrons. The van der Waals surface area contributed by atoms with Crippen LogP contribution < -0.4 is 0 Å². The maximum Gasteiger partial charge on any atom is 0.257 e. The van der Waals surface area contributed by atoms with Gasteiger partial charge >= 0.3 is 0 Å². The molecule has 5 heteroatoms. The van der Waals surface area contributed by atoms with Crippen LogP contribution in [0.3, 0.4) is 0 Å². The van der Waals surface area contributed by atoms with Gasteiger partial charge < -0.3 is 9.32 Å². The van der Waals surface area contributed by atoms with Gasteiger partial charge in [0.25, 0.3) is 5.89 Å². The van der Waals surface area contributed by atoms with Gasteiger partial charge in [0.2, 0.25) is 5.89 Å². The van der Waals surface area contributed by atoms with Crippen molar-refractivity contribution < 1.29 is 4.42 Å². The third-order valence-corrected chi connectivity index (χ3v) is 5.79. The van der Waals surface area contributed by atoms with E-state index in [-0.39, 0.29) is 0 Å². The molecule has 1 aliphatic rings. The van der Waals surface area contributed by atoms with Gasteiger partial charge in [0.1, 0.15) is 0 Å². The molecule has 2 aromatic heterocycles. The third-order valence-electron chi connectivity index (χ3n) is 4.81. The summed E-state index contributed by atoms with van der Waals surface area (Å²) in [6.07, 6.45) is 3.42. The highest BCUT2D eigenvalue weighted by molar-refractivity contribution is 7.15. The number of rotatable bonds is 5. The second-order valence-electron chi connectivity index (χ2n) is 6.73. The number of nitrogens with zero attached hydrogens (tertiary/aromatic N) is 3. The normalized spacial score (nSPS) is 18.5. The first kappa shape index (κ1) is 16.5. The molecule has 3 aromatic rings. The SMILES string of the molecule is Cc1ccc(-c2nnc(C3CCCN(CCc4ccccc4)C3)o2)s1. The summed E-state index contributed by atoms with van der Waals surface area (Å²) in [5.74, 6) is 1.81. The van der Waals surface area contributed by atoms with Crippen LogP contribution in [-0.2, 0) is 6.42 Å². The molecule has 4 rings (SSSR count). The summed E-state index contributed by atoms with van der Waals surface area (Å²) in [6, 6.07) is 14.9. The van der Waals surface area contributed by atoms with Gasteiger partial charge in [0.15, 0.2) is 0 Å². The fraction of sp³-hybridized carbons (Fsp3) is 0.400. The standard InChI is InChI=1S/C20H23N3OS/c1-15-9-10-18(25-15)20-22-21-19(24-20)17-8-5-12-23(14-17)13-11-16-6-3-2-4-7-16/h2-4,6-7,9-10,17H,5,8,11-14H2,1H3. The third kappa shape index (κ3) is 3.99. The highest BCUT2D eigenvalue weighted by Gasteiger charge is 2.26. The van der Waals surface area contributed by atoms with E-state index in [1.165, 1.54) is 16.9 Å². The van der Waals surface area contributed by atoms with E-state index >= 15 is 0 Å². The number of aromatic nitrogens is 2. The van der Waals surface area contributed by atoms with Crippen molar-refractivity contribution in [2.75, 3.05) is 19.6 Å². The Hall–Kier alpha value is -1.98. The fourth-order valence-electron chi connectivity index (χ4n) is 3.44. The largest absolute Gasteiger partial charge is 0.420 e. The first-order chi connectivity index (χ1) is 12.3. The lowest BCUT2D eigenvalue weighted by atomic mass is 9.97. The molecule has 130 valence electrons. The minimum atomic E-state index is 0.354. The number of benzene rings is 1. The van der Waals surface area contributed by atoms with E-state index in [0.717, 1.165) is 43.2 Å². The van der Waals surface area contributed by atoms with Crippen molar-refractivity contribution in [3.05, 3.63) is 58.8 Å². The molecule has 1 atom stereocenters. The summed E-state index contributed by atoms with van der Waals surface area (Å²) in [5, 5.41) is 8.61. The molecule has 1 aromatic carbocycles. The lowest BCUT2D eigenvalue weighted by Gasteiger charge is -2.30. The quantitative estimate of drug-likeness (QED) is 0.676. The van der Waals surface area contributed by atoms with Crippen LogP contribution in [0.2, 0.25) is 0 Å². The van der Waals surface area contributed by atoms with Crippen molar-refractivity contribution in [1.29, 1.82) is 0 Å². The van der Waals surface area contributed by atoms with E-state index < -0.39 is 0 Å². The summed E-state index contributed by atoms with van der Waals surface area (Å²) in [7, 11) is 0. The summed E-state index contributed by atoms with van der Waals surface area (Å²) in [4.78, 5) is 4.85. The Morgan fingerprint density at radius 1 is 1.16 bits per heavy atom. The number of piperidine rings is 1. The summed E-state index contributed by atoms with van der Waals surface area (Å²) in [5.41, 5.74) is 1.40. The number of aryl methyl sites for hydroxylation is 1. The molecule has 0 bridgehead atoms. The van der Waals surface area contributed by atoms with Gasteiger partial charge in [-0.1, -0.05) is 30.3 Å². The Bertz CT molecular complexity index is 811. The van der Waals surface area contributed by atoms with Crippen molar-refractivity contribution in [1.82, 2.24) is 15.1 Å². The van der Waals surface area contributed by atoms with Crippen LogP contribution >= 0.6 is 11.3 Å². The number of likely N-dealkylation sites (tertiary alicyclic amines) is 1. The predicted octanol–water partition coefficient (Wildman–Crippen LogP) is 4.53. The van der Waals surface area contributed by atoms with E-state index in [2.05, 4.69) is 64.5 Å². The molecule has 1 saturated heterocycles. The van der Waals surface area contributed by atoms with Crippen molar-refractivity contribution in [3.8, 4) is 10.8 Å². The molecular formula is C20H23N3OS. The Morgan fingerprint density at radius 3 is 2.84 bits per heavy atom. The Labute approximate surface area is 152 Å². The molecule has 3 heterocycles. The van der Waals surface area contributed by atoms with Crippen LogP contribution in [0.5, 0.6) is 0 Å². The lowest BCUT2D eigenvalue weighted by molar-refractivity contribution is 0.195. The van der Waals surface area contributed by atoms with Crippen LogP contribution in [0.15, 0.2) is 46.9 Å². The maximum atomic E-state index is 6.00. The van der Waals surface area contributed by atoms with E-state index in [0.29, 0.717) is 11.8 Å². The van der Waals surface area contributed by atoms with E-state index in [1.807, 2.05) is 0 Å². The molecule has 25 heavy (non-hydrogen) atoms. The second kappa shape index (κ2) is 7.50. The molecule has 0 amide bonds. The highest BCUT2D eigenvalue weighted by Crippen LogP contribution is 2.31. The van der Waals surface area contributed by atoms with Gasteiger partial charge in [-0.15, -0.1) is 21.5 Å². The van der Waals surface area contributed by atoms with E-state index in [9.17, 15) is 0 Å². The highest BCUT2D eigenvalue weighted by atomic mass is 32.1. The molecule has 0 spiro atoms. The molecular weight excluding hydrogens is 330 g/mol. The fourth-order valence-corrected chi connectivity index (χ4v) is 4.23. The number of thiophene rings is 1. The smallest absolute Gasteiger partial charge is 0.257 e. The minimum absolute atomic E-state index is 0.354. The second-order valence-corrected chi connectivity index (χ2v) is 8.02. The van der Waals surface area contributed by atoms with Gasteiger partial charge in [-0.05, 0) is 50.4 Å². The first-order valence-corrected chi connectivity index (χ1v) is 9.76. The first-order valence-electron chi connectivity index (χ1n) is 8.94. The summed E-state index contributed by atoms with van der Waals surface area (Å²) < 4.78 is 6.00. The van der Waals surface area contributed by atoms with Crippen LogP contribution in [0, 0.1) is 6.92 Å². The van der Waals surface area contributed by atoms with Crippen LogP contribution in [0.25, 0.3) is 10.8 Å². The monoisotopic (exact) mass is 353 g/mol. The molecule has 1 aliphatic heterocycles.